The molecule has 3 nitrogen and oxygen atoms in total. The van der Waals surface area contributed by atoms with Crippen molar-refractivity contribution in [2.75, 3.05) is 6.54 Å². The summed E-state index contributed by atoms with van der Waals surface area (Å²) >= 11 is 6.21. The fraction of sp³-hybridized carbons (Fsp3) is 0.444. The summed E-state index contributed by atoms with van der Waals surface area (Å²) in [5.74, 6) is 1.75. The van der Waals surface area contributed by atoms with Crippen LogP contribution in [-0.2, 0) is 4.79 Å². The molecule has 4 unspecified atom stereocenters. The number of aromatic amines is 1. The maximum absolute atomic E-state index is 13.7. The maximum Gasteiger partial charge on any atom is 0.223 e. The van der Waals surface area contributed by atoms with Gasteiger partial charge in [0.15, 0.2) is 0 Å². The van der Waals surface area contributed by atoms with Crippen LogP contribution in [-0.4, -0.2) is 28.4 Å². The van der Waals surface area contributed by atoms with E-state index in [0.717, 1.165) is 34.8 Å². The number of carbonyl (C=O) groups is 1. The summed E-state index contributed by atoms with van der Waals surface area (Å²) in [4.78, 5) is 19.3. The van der Waals surface area contributed by atoms with E-state index in [1.54, 1.807) is 0 Å². The third-order valence-electron chi connectivity index (χ3n) is 7.69. The molecule has 4 atom stereocenters. The molecule has 1 N–H and O–H groups in total. The van der Waals surface area contributed by atoms with Crippen LogP contribution in [0.1, 0.15) is 62.5 Å². The molecule has 2 aliphatic rings. The number of nitrogens with one attached hydrogen (secondary N) is 1. The number of fused-ring (bicyclic) bond motifs is 2. The molecule has 5 rings (SSSR count). The fourth-order valence-electron chi connectivity index (χ4n) is 6.02. The number of rotatable bonds is 4. The van der Waals surface area contributed by atoms with Gasteiger partial charge in [-0.15, -0.1) is 0 Å². The normalized spacial score (nSPS) is 24.7. The molecule has 0 spiro atoms. The number of likely N-dealkylation sites (tertiary alicyclic amines) is 1. The minimum Gasteiger partial charge on any atom is -0.361 e. The molecular formula is C27H31ClN2O. The van der Waals surface area contributed by atoms with Crippen molar-refractivity contribution in [3.8, 4) is 0 Å². The number of amides is 1. The Morgan fingerprint density at radius 2 is 1.94 bits per heavy atom. The average molecular weight is 435 g/mol. The number of halogens is 1. The number of hydrogen-bond acceptors (Lipinski definition) is 1. The van der Waals surface area contributed by atoms with Crippen molar-refractivity contribution in [1.82, 2.24) is 9.88 Å². The highest BCUT2D eigenvalue weighted by atomic mass is 35.5. The van der Waals surface area contributed by atoms with E-state index in [1.807, 2.05) is 18.2 Å². The van der Waals surface area contributed by atoms with Gasteiger partial charge in [0.25, 0.3) is 0 Å². The molecule has 0 bridgehead atoms. The quantitative estimate of drug-likeness (QED) is 0.483. The van der Waals surface area contributed by atoms with Crippen LogP contribution in [0.15, 0.2) is 54.7 Å². The van der Waals surface area contributed by atoms with Gasteiger partial charge in [-0.25, -0.2) is 0 Å². The Hall–Kier alpha value is -2.26. The molecular weight excluding hydrogens is 404 g/mol. The van der Waals surface area contributed by atoms with Crippen LogP contribution in [0.3, 0.4) is 0 Å². The molecule has 162 valence electrons. The van der Waals surface area contributed by atoms with E-state index >= 15 is 0 Å². The lowest BCUT2D eigenvalue weighted by atomic mass is 9.72. The second-order valence-corrected chi connectivity index (χ2v) is 9.91. The van der Waals surface area contributed by atoms with Gasteiger partial charge in [0.2, 0.25) is 5.91 Å². The van der Waals surface area contributed by atoms with Gasteiger partial charge < -0.3 is 9.88 Å². The van der Waals surface area contributed by atoms with Crippen molar-refractivity contribution in [2.24, 2.45) is 11.8 Å². The Morgan fingerprint density at radius 1 is 1.13 bits per heavy atom. The molecule has 2 fully saturated rings. The Balaban J connectivity index is 1.47. The number of H-pyrrole nitrogens is 1. The highest BCUT2D eigenvalue weighted by molar-refractivity contribution is 6.31. The molecule has 3 aromatic rings. The van der Waals surface area contributed by atoms with E-state index < -0.39 is 0 Å². The SMILES string of the molecule is CC1CCN(C(=O)CC(c2ccccc2)c2c[nH]c3cc(Cl)ccc23)C2CCCCC12. The van der Waals surface area contributed by atoms with Crippen molar-refractivity contribution < 1.29 is 4.79 Å². The number of piperidine rings is 1. The van der Waals surface area contributed by atoms with Crippen molar-refractivity contribution in [2.45, 2.75) is 57.4 Å². The first kappa shape index (κ1) is 20.6. The van der Waals surface area contributed by atoms with Gasteiger partial charge in [-0.05, 0) is 54.4 Å². The molecule has 2 aromatic carbocycles. The first-order chi connectivity index (χ1) is 15.1. The molecule has 1 amide bonds. The summed E-state index contributed by atoms with van der Waals surface area (Å²) < 4.78 is 0. The minimum absolute atomic E-state index is 0.0324. The highest BCUT2D eigenvalue weighted by Crippen LogP contribution is 2.40. The Bertz CT molecular complexity index is 1060. The van der Waals surface area contributed by atoms with Crippen molar-refractivity contribution in [1.29, 1.82) is 0 Å². The van der Waals surface area contributed by atoms with Crippen LogP contribution < -0.4 is 0 Å². The Kier molecular flexibility index (Phi) is 5.79. The number of aromatic nitrogens is 1. The second kappa shape index (κ2) is 8.70. The first-order valence-corrected chi connectivity index (χ1v) is 12.1. The summed E-state index contributed by atoms with van der Waals surface area (Å²) in [5, 5.41) is 1.87. The topological polar surface area (TPSA) is 36.1 Å². The van der Waals surface area contributed by atoms with Crippen LogP contribution in [0.5, 0.6) is 0 Å². The van der Waals surface area contributed by atoms with Crippen LogP contribution in [0.2, 0.25) is 5.02 Å². The number of carbonyl (C=O) groups excluding carboxylic acids is 1. The zero-order chi connectivity index (χ0) is 21.4. The van der Waals surface area contributed by atoms with Crippen molar-refractivity contribution >= 4 is 28.4 Å². The summed E-state index contributed by atoms with van der Waals surface area (Å²) in [7, 11) is 0. The monoisotopic (exact) mass is 434 g/mol. The van der Waals surface area contributed by atoms with Crippen LogP contribution in [0.4, 0.5) is 0 Å². The zero-order valence-corrected chi connectivity index (χ0v) is 18.9. The summed E-state index contributed by atoms with van der Waals surface area (Å²) in [5.41, 5.74) is 3.39. The molecule has 1 saturated carbocycles. The zero-order valence-electron chi connectivity index (χ0n) is 18.2. The average Bonchev–Trinajstić information content (AvgIpc) is 3.21. The fourth-order valence-corrected chi connectivity index (χ4v) is 6.19. The largest absolute Gasteiger partial charge is 0.361 e. The second-order valence-electron chi connectivity index (χ2n) is 9.47. The number of benzene rings is 2. The Morgan fingerprint density at radius 3 is 2.77 bits per heavy atom. The van der Waals surface area contributed by atoms with Gasteiger partial charge in [0.05, 0.1) is 0 Å². The van der Waals surface area contributed by atoms with E-state index in [0.29, 0.717) is 24.3 Å². The van der Waals surface area contributed by atoms with Crippen molar-refractivity contribution in [3.63, 3.8) is 0 Å². The minimum atomic E-state index is 0.0324. The van der Waals surface area contributed by atoms with Gasteiger partial charge in [0.1, 0.15) is 0 Å². The first-order valence-electron chi connectivity index (χ1n) is 11.7. The standard InChI is InChI=1S/C27H31ClN2O/c1-18-13-14-30(26-10-6-5-9-21(18)26)27(31)16-23(19-7-3-2-4-8-19)24-17-29-25-15-20(28)11-12-22(24)25/h2-4,7-8,11-12,15,17-18,21,23,26,29H,5-6,9-10,13-14,16H2,1H3. The molecule has 1 aliphatic carbocycles. The van der Waals surface area contributed by atoms with E-state index in [2.05, 4.69) is 53.3 Å². The van der Waals surface area contributed by atoms with E-state index in [4.69, 9.17) is 11.6 Å². The van der Waals surface area contributed by atoms with Gasteiger partial charge >= 0.3 is 0 Å². The smallest absolute Gasteiger partial charge is 0.223 e. The molecule has 31 heavy (non-hydrogen) atoms. The van der Waals surface area contributed by atoms with Gasteiger partial charge in [0, 0.05) is 47.0 Å². The van der Waals surface area contributed by atoms with E-state index in [9.17, 15) is 4.79 Å². The van der Waals surface area contributed by atoms with Crippen LogP contribution >= 0.6 is 11.6 Å². The molecule has 1 aromatic heterocycles. The molecule has 1 saturated heterocycles. The van der Waals surface area contributed by atoms with Crippen molar-refractivity contribution in [3.05, 3.63) is 70.9 Å². The third kappa shape index (κ3) is 4.01. The van der Waals surface area contributed by atoms with Crippen LogP contribution in [0.25, 0.3) is 10.9 Å². The number of hydrogen-bond donors (Lipinski definition) is 1. The van der Waals surface area contributed by atoms with Gasteiger partial charge in [-0.1, -0.05) is 67.8 Å². The molecule has 4 heteroatoms. The lowest BCUT2D eigenvalue weighted by Crippen LogP contribution is -2.52. The lowest BCUT2D eigenvalue weighted by molar-refractivity contribution is -0.139. The Labute approximate surface area is 189 Å². The van der Waals surface area contributed by atoms with Gasteiger partial charge in [-0.2, -0.15) is 0 Å². The highest BCUT2D eigenvalue weighted by Gasteiger charge is 2.39. The summed E-state index contributed by atoms with van der Waals surface area (Å²) in [6.45, 7) is 3.29. The predicted octanol–water partition coefficient (Wildman–Crippen LogP) is 6.77. The summed E-state index contributed by atoms with van der Waals surface area (Å²) in [6.07, 6.45) is 8.73. The van der Waals surface area contributed by atoms with E-state index in [1.165, 1.54) is 36.8 Å². The molecule has 0 radical (unpaired) electrons. The summed E-state index contributed by atoms with van der Waals surface area (Å²) in [6, 6.07) is 16.9. The maximum atomic E-state index is 13.7. The predicted molar refractivity (Wildman–Crippen MR) is 127 cm³/mol. The lowest BCUT2D eigenvalue weighted by Gasteiger charge is -2.47. The van der Waals surface area contributed by atoms with Gasteiger partial charge in [-0.3, -0.25) is 4.79 Å². The molecule has 1 aliphatic heterocycles. The van der Waals surface area contributed by atoms with Crippen LogP contribution in [0, 0.1) is 11.8 Å². The third-order valence-corrected chi connectivity index (χ3v) is 7.93. The van der Waals surface area contributed by atoms with E-state index in [-0.39, 0.29) is 5.92 Å². The molecule has 2 heterocycles. The number of nitrogens with zero attached hydrogens (tertiary/aromatic N) is 1.